The smallest absolute Gasteiger partial charge is 0.274 e. The molecule has 1 amide bonds. The zero-order valence-electron chi connectivity index (χ0n) is 16.3. The lowest BCUT2D eigenvalue weighted by molar-refractivity contribution is 0.0932. The fourth-order valence-corrected chi connectivity index (χ4v) is 3.39. The van der Waals surface area contributed by atoms with E-state index in [9.17, 15) is 4.79 Å². The predicted octanol–water partition coefficient (Wildman–Crippen LogP) is 2.47. The van der Waals surface area contributed by atoms with Gasteiger partial charge in [-0.05, 0) is 51.9 Å². The molecule has 29 heavy (non-hydrogen) atoms. The van der Waals surface area contributed by atoms with Gasteiger partial charge in [0.15, 0.2) is 11.5 Å². The molecule has 3 heterocycles. The van der Waals surface area contributed by atoms with Gasteiger partial charge in [0, 0.05) is 5.56 Å². The minimum atomic E-state index is -0.419. The number of hydrogen-bond donors (Lipinski definition) is 2. The molecule has 9 nitrogen and oxygen atoms in total. The van der Waals surface area contributed by atoms with E-state index in [1.54, 1.807) is 0 Å². The van der Waals surface area contributed by atoms with E-state index in [2.05, 4.69) is 31.1 Å². The molecular formula is C19H24ClN7O2. The fraction of sp³-hybridized carbons (Fsp3) is 0.421. The summed E-state index contributed by atoms with van der Waals surface area (Å²) in [6.45, 7) is 5.59. The molecule has 0 saturated carbocycles. The average molecular weight is 418 g/mol. The van der Waals surface area contributed by atoms with Crippen molar-refractivity contribution in [1.82, 2.24) is 35.8 Å². The number of amides is 1. The molecule has 3 aromatic rings. The third kappa shape index (κ3) is 4.46. The minimum absolute atomic E-state index is 0. The lowest BCUT2D eigenvalue weighted by Crippen LogP contribution is -2.31. The first-order valence-corrected chi connectivity index (χ1v) is 9.46. The highest BCUT2D eigenvalue weighted by Crippen LogP contribution is 2.21. The van der Waals surface area contributed by atoms with E-state index in [4.69, 9.17) is 4.52 Å². The van der Waals surface area contributed by atoms with Crippen LogP contribution in [0.15, 0.2) is 34.9 Å². The van der Waals surface area contributed by atoms with Crippen LogP contribution in [0.5, 0.6) is 0 Å². The third-order valence-corrected chi connectivity index (χ3v) is 4.99. The van der Waals surface area contributed by atoms with E-state index in [0.717, 1.165) is 37.2 Å². The molecule has 2 aromatic heterocycles. The van der Waals surface area contributed by atoms with E-state index >= 15 is 0 Å². The second kappa shape index (κ2) is 9.15. The first-order valence-electron chi connectivity index (χ1n) is 9.46. The molecule has 10 heteroatoms. The van der Waals surface area contributed by atoms with Crippen molar-refractivity contribution < 1.29 is 9.32 Å². The highest BCUT2D eigenvalue weighted by atomic mass is 35.5. The van der Waals surface area contributed by atoms with Gasteiger partial charge in [-0.2, -0.15) is 4.98 Å². The van der Waals surface area contributed by atoms with Crippen LogP contribution in [0, 0.1) is 6.92 Å². The average Bonchev–Trinajstić information content (AvgIpc) is 3.36. The molecule has 4 rings (SSSR count). The van der Waals surface area contributed by atoms with Crippen molar-refractivity contribution in [2.24, 2.45) is 0 Å². The summed E-state index contributed by atoms with van der Waals surface area (Å²) >= 11 is 0. The summed E-state index contributed by atoms with van der Waals surface area (Å²) in [4.78, 5) is 17.1. The van der Waals surface area contributed by atoms with E-state index in [0.29, 0.717) is 17.4 Å². The number of aromatic nitrogens is 5. The normalized spacial score (nSPS) is 15.5. The summed E-state index contributed by atoms with van der Waals surface area (Å²) < 4.78 is 7.18. The highest BCUT2D eigenvalue weighted by Gasteiger charge is 2.25. The Morgan fingerprint density at radius 3 is 2.72 bits per heavy atom. The summed E-state index contributed by atoms with van der Waals surface area (Å²) in [7, 11) is 0. The zero-order valence-corrected chi connectivity index (χ0v) is 17.1. The van der Waals surface area contributed by atoms with Crippen molar-refractivity contribution in [3.05, 3.63) is 47.5 Å². The van der Waals surface area contributed by atoms with Gasteiger partial charge < -0.3 is 15.2 Å². The van der Waals surface area contributed by atoms with Crippen molar-refractivity contribution in [1.29, 1.82) is 0 Å². The van der Waals surface area contributed by atoms with Crippen LogP contribution in [-0.4, -0.2) is 44.1 Å². The maximum Gasteiger partial charge on any atom is 0.274 e. The van der Waals surface area contributed by atoms with Crippen LogP contribution < -0.4 is 10.6 Å². The number of rotatable bonds is 5. The number of carbonyl (C=O) groups is 1. The van der Waals surface area contributed by atoms with Crippen molar-refractivity contribution in [3.63, 3.8) is 0 Å². The van der Waals surface area contributed by atoms with Crippen LogP contribution >= 0.6 is 12.4 Å². The molecule has 1 aromatic carbocycles. The Hall–Kier alpha value is -2.78. The van der Waals surface area contributed by atoms with Crippen LogP contribution in [0.4, 0.5) is 0 Å². The quantitative estimate of drug-likeness (QED) is 0.655. The molecule has 2 N–H and O–H groups in total. The van der Waals surface area contributed by atoms with Crippen molar-refractivity contribution in [3.8, 4) is 11.5 Å². The minimum Gasteiger partial charge on any atom is -0.341 e. The Kier molecular flexibility index (Phi) is 6.60. The highest BCUT2D eigenvalue weighted by molar-refractivity contribution is 5.93. The summed E-state index contributed by atoms with van der Waals surface area (Å²) in [5, 5.41) is 18.5. The van der Waals surface area contributed by atoms with Gasteiger partial charge in [0.2, 0.25) is 0 Å². The van der Waals surface area contributed by atoms with E-state index in [1.165, 1.54) is 0 Å². The Balaban J connectivity index is 0.00000240. The number of nitrogens with zero attached hydrogens (tertiary/aromatic N) is 5. The topological polar surface area (TPSA) is 111 Å². The van der Waals surface area contributed by atoms with Gasteiger partial charge in [-0.25, -0.2) is 4.68 Å². The van der Waals surface area contributed by atoms with Crippen LogP contribution in [0.3, 0.4) is 0 Å². The number of carbonyl (C=O) groups excluding carboxylic acids is 1. The summed E-state index contributed by atoms with van der Waals surface area (Å²) in [5.41, 5.74) is 1.94. The zero-order chi connectivity index (χ0) is 19.5. The van der Waals surface area contributed by atoms with Gasteiger partial charge >= 0.3 is 0 Å². The largest absolute Gasteiger partial charge is 0.341 e. The van der Waals surface area contributed by atoms with Gasteiger partial charge in [0.1, 0.15) is 0 Å². The molecule has 1 aliphatic rings. The first-order chi connectivity index (χ1) is 13.6. The maximum absolute atomic E-state index is 12.7. The molecule has 154 valence electrons. The van der Waals surface area contributed by atoms with Gasteiger partial charge in [0.05, 0.1) is 17.8 Å². The summed E-state index contributed by atoms with van der Waals surface area (Å²) in [6.07, 6.45) is 1.96. The number of piperidine rings is 1. The number of halogens is 1. The Bertz CT molecular complexity index is 951. The predicted molar refractivity (Wildman–Crippen MR) is 109 cm³/mol. The van der Waals surface area contributed by atoms with Crippen LogP contribution in [0.25, 0.3) is 11.5 Å². The van der Waals surface area contributed by atoms with Gasteiger partial charge in [-0.3, -0.25) is 4.79 Å². The van der Waals surface area contributed by atoms with E-state index in [-0.39, 0.29) is 24.4 Å². The second-order valence-electron chi connectivity index (χ2n) is 6.97. The Morgan fingerprint density at radius 2 is 2.00 bits per heavy atom. The number of nitrogens with one attached hydrogen (secondary N) is 2. The molecule has 1 saturated heterocycles. The lowest BCUT2D eigenvalue weighted by Gasteiger charge is -2.23. The molecule has 1 aliphatic heterocycles. The maximum atomic E-state index is 12.7. The molecule has 0 aliphatic carbocycles. The molecule has 0 spiro atoms. The number of benzene rings is 1. The van der Waals surface area contributed by atoms with Crippen LogP contribution in [0.2, 0.25) is 0 Å². The van der Waals surface area contributed by atoms with E-state index < -0.39 is 6.04 Å². The summed E-state index contributed by atoms with van der Waals surface area (Å²) in [6, 6.07) is 9.36. The van der Waals surface area contributed by atoms with Crippen LogP contribution in [0.1, 0.15) is 53.9 Å². The first kappa shape index (κ1) is 20.9. The van der Waals surface area contributed by atoms with E-state index in [1.807, 2.05) is 48.9 Å². The second-order valence-corrected chi connectivity index (χ2v) is 6.97. The molecule has 1 atom stereocenters. The lowest BCUT2D eigenvalue weighted by atomic mass is 10.1. The van der Waals surface area contributed by atoms with Gasteiger partial charge in [-0.15, -0.1) is 17.5 Å². The van der Waals surface area contributed by atoms with Crippen LogP contribution in [-0.2, 0) is 0 Å². The Morgan fingerprint density at radius 1 is 1.28 bits per heavy atom. The summed E-state index contributed by atoms with van der Waals surface area (Å²) in [5.74, 6) is 0.539. The van der Waals surface area contributed by atoms with Gasteiger partial charge in [-0.1, -0.05) is 28.6 Å². The standard InChI is InChI=1S/C19H23N7O2.ClH/c1-12(17-22-19(28-24-17)14-6-4-3-5-7-14)21-18(27)16-13(2)26(25-23-16)15-8-10-20-11-9-15;/h3-7,12,15,20H,8-11H2,1-2H3,(H,21,27);1H. The van der Waals surface area contributed by atoms with Crippen molar-refractivity contribution in [2.45, 2.75) is 38.8 Å². The Labute approximate surface area is 174 Å². The molecule has 1 unspecified atom stereocenters. The monoisotopic (exact) mass is 417 g/mol. The third-order valence-electron chi connectivity index (χ3n) is 4.99. The van der Waals surface area contributed by atoms with Gasteiger partial charge in [0.25, 0.3) is 11.8 Å². The molecule has 0 radical (unpaired) electrons. The molecular weight excluding hydrogens is 394 g/mol. The molecule has 0 bridgehead atoms. The SMILES string of the molecule is Cc1c(C(=O)NC(C)c2noc(-c3ccccc3)n2)nnn1C1CCNCC1.Cl. The molecule has 1 fully saturated rings. The van der Waals surface area contributed by atoms with Crippen molar-refractivity contribution in [2.75, 3.05) is 13.1 Å². The number of hydrogen-bond acceptors (Lipinski definition) is 7. The fourth-order valence-electron chi connectivity index (χ4n) is 3.39. The van der Waals surface area contributed by atoms with Crippen molar-refractivity contribution >= 4 is 18.3 Å².